The quantitative estimate of drug-likeness (QED) is 0.773. The highest BCUT2D eigenvalue weighted by molar-refractivity contribution is 9.10. The number of anilines is 1. The van der Waals surface area contributed by atoms with Crippen molar-refractivity contribution in [2.75, 3.05) is 24.6 Å². The van der Waals surface area contributed by atoms with Gasteiger partial charge in [-0.2, -0.15) is 0 Å². The number of rotatable bonds is 5. The van der Waals surface area contributed by atoms with E-state index >= 15 is 0 Å². The molecule has 2 amide bonds. The Morgan fingerprint density at radius 3 is 2.92 bits per heavy atom. The van der Waals surface area contributed by atoms with Crippen molar-refractivity contribution in [2.24, 2.45) is 0 Å². The lowest BCUT2D eigenvalue weighted by Crippen LogP contribution is -2.45. The van der Waals surface area contributed by atoms with Gasteiger partial charge in [0.25, 0.3) is 5.91 Å². The molecule has 8 heteroatoms. The van der Waals surface area contributed by atoms with Crippen LogP contribution in [-0.4, -0.2) is 36.6 Å². The van der Waals surface area contributed by atoms with Crippen LogP contribution >= 0.6 is 15.9 Å². The van der Waals surface area contributed by atoms with Gasteiger partial charge in [0.1, 0.15) is 18.1 Å². The Kier molecular flexibility index (Phi) is 5.53. The fourth-order valence-corrected chi connectivity index (χ4v) is 2.93. The van der Waals surface area contributed by atoms with Gasteiger partial charge < -0.3 is 15.2 Å². The van der Waals surface area contributed by atoms with Gasteiger partial charge in [-0.1, -0.05) is 28.1 Å². The predicted octanol–water partition coefficient (Wildman–Crippen LogP) is 2.16. The van der Waals surface area contributed by atoms with Crippen LogP contribution in [0.15, 0.2) is 46.9 Å². The number of hydrogen-bond acceptors (Lipinski definition) is 4. The number of aliphatic hydroxyl groups is 1. The zero-order chi connectivity index (χ0) is 18.7. The van der Waals surface area contributed by atoms with E-state index < -0.39 is 17.8 Å². The van der Waals surface area contributed by atoms with Crippen molar-refractivity contribution in [1.82, 2.24) is 5.32 Å². The molecule has 1 heterocycles. The Morgan fingerprint density at radius 1 is 1.35 bits per heavy atom. The van der Waals surface area contributed by atoms with Gasteiger partial charge in [0.15, 0.2) is 6.61 Å². The van der Waals surface area contributed by atoms with Crippen molar-refractivity contribution in [3.05, 3.63) is 58.3 Å². The van der Waals surface area contributed by atoms with Crippen molar-refractivity contribution < 1.29 is 23.8 Å². The number of carbonyl (C=O) groups excluding carboxylic acids is 2. The van der Waals surface area contributed by atoms with Crippen LogP contribution in [0.4, 0.5) is 10.1 Å². The molecule has 3 rings (SSSR count). The summed E-state index contributed by atoms with van der Waals surface area (Å²) >= 11 is 3.33. The minimum absolute atomic E-state index is 0.0893. The molecule has 0 aromatic heterocycles. The highest BCUT2D eigenvalue weighted by Crippen LogP contribution is 2.34. The molecule has 2 aromatic carbocycles. The third-order valence-electron chi connectivity index (χ3n) is 3.89. The van der Waals surface area contributed by atoms with E-state index in [0.717, 1.165) is 4.47 Å². The highest BCUT2D eigenvalue weighted by Gasteiger charge is 2.27. The summed E-state index contributed by atoms with van der Waals surface area (Å²) in [5.74, 6) is -0.730. The molecule has 1 aliphatic rings. The molecule has 2 N–H and O–H groups in total. The number of halogens is 2. The number of hydrogen-bond donors (Lipinski definition) is 2. The number of nitrogens with one attached hydrogen (secondary N) is 1. The summed E-state index contributed by atoms with van der Waals surface area (Å²) in [6.45, 7) is -0.441. The van der Waals surface area contributed by atoms with Crippen molar-refractivity contribution >= 4 is 33.4 Å². The average molecular weight is 423 g/mol. The van der Waals surface area contributed by atoms with E-state index in [2.05, 4.69) is 21.2 Å². The van der Waals surface area contributed by atoms with Crippen molar-refractivity contribution in [1.29, 1.82) is 0 Å². The molecule has 26 heavy (non-hydrogen) atoms. The van der Waals surface area contributed by atoms with Crippen LogP contribution in [0.2, 0.25) is 0 Å². The van der Waals surface area contributed by atoms with Crippen LogP contribution in [0.5, 0.6) is 5.75 Å². The summed E-state index contributed by atoms with van der Waals surface area (Å²) in [6, 6.07) is 10.7. The summed E-state index contributed by atoms with van der Waals surface area (Å²) in [6.07, 6.45) is -1.04. The largest absolute Gasteiger partial charge is 0.482 e. The van der Waals surface area contributed by atoms with Crippen molar-refractivity contribution in [3.63, 3.8) is 0 Å². The van der Waals surface area contributed by atoms with Gasteiger partial charge >= 0.3 is 0 Å². The van der Waals surface area contributed by atoms with Gasteiger partial charge in [0, 0.05) is 11.0 Å². The van der Waals surface area contributed by atoms with E-state index in [0.29, 0.717) is 17.0 Å². The van der Waals surface area contributed by atoms with Crippen LogP contribution in [0, 0.1) is 5.82 Å². The van der Waals surface area contributed by atoms with Gasteiger partial charge in [-0.05, 0) is 35.9 Å². The van der Waals surface area contributed by atoms with E-state index in [9.17, 15) is 19.1 Å². The number of fused-ring (bicyclic) bond motifs is 1. The smallest absolute Gasteiger partial charge is 0.265 e. The number of carbonyl (C=O) groups is 2. The zero-order valence-electron chi connectivity index (χ0n) is 13.6. The summed E-state index contributed by atoms with van der Waals surface area (Å²) in [5.41, 5.74) is 0.869. The summed E-state index contributed by atoms with van der Waals surface area (Å²) in [4.78, 5) is 25.6. The molecule has 136 valence electrons. The van der Waals surface area contributed by atoms with Crippen LogP contribution in [0.3, 0.4) is 0 Å². The second-order valence-corrected chi connectivity index (χ2v) is 6.67. The first-order valence-electron chi connectivity index (χ1n) is 7.87. The molecular formula is C18H16BrFN2O4. The third-order valence-corrected chi connectivity index (χ3v) is 4.39. The molecule has 0 fully saturated rings. The van der Waals surface area contributed by atoms with Gasteiger partial charge in [0.2, 0.25) is 5.91 Å². The van der Waals surface area contributed by atoms with Crippen LogP contribution in [-0.2, 0) is 9.59 Å². The van der Waals surface area contributed by atoms with E-state index in [1.807, 2.05) is 0 Å². The first-order valence-corrected chi connectivity index (χ1v) is 8.66. The minimum atomic E-state index is -1.04. The standard InChI is InChI=1S/C18H16BrFN2O4/c19-12-4-5-14-16(7-12)26-10-18(25)22(14)9-17(24)21-8-15(23)11-2-1-3-13(20)6-11/h1-7,15,23H,8-10H2,(H,21,24). The maximum absolute atomic E-state index is 13.2. The Hall–Kier alpha value is -2.45. The molecule has 6 nitrogen and oxygen atoms in total. The fourth-order valence-electron chi connectivity index (χ4n) is 2.59. The van der Waals surface area contributed by atoms with Gasteiger partial charge in [-0.3, -0.25) is 14.5 Å². The predicted molar refractivity (Wildman–Crippen MR) is 96.4 cm³/mol. The maximum Gasteiger partial charge on any atom is 0.265 e. The number of benzene rings is 2. The topological polar surface area (TPSA) is 78.9 Å². The SMILES string of the molecule is O=C(CN1C(=O)COc2cc(Br)ccc21)NCC(O)c1cccc(F)c1. The molecule has 0 aliphatic carbocycles. The van der Waals surface area contributed by atoms with Gasteiger partial charge in [-0.15, -0.1) is 0 Å². The van der Waals surface area contributed by atoms with E-state index in [1.165, 1.54) is 23.1 Å². The first kappa shape index (κ1) is 18.3. The molecule has 0 radical (unpaired) electrons. The highest BCUT2D eigenvalue weighted by atomic mass is 79.9. The lowest BCUT2D eigenvalue weighted by Gasteiger charge is -2.29. The average Bonchev–Trinajstić information content (AvgIpc) is 2.62. The zero-order valence-corrected chi connectivity index (χ0v) is 15.2. The Morgan fingerprint density at radius 2 is 2.15 bits per heavy atom. The second kappa shape index (κ2) is 7.84. The van der Waals surface area contributed by atoms with E-state index in [-0.39, 0.29) is 25.6 Å². The Balaban J connectivity index is 1.62. The molecule has 2 aromatic rings. The fraction of sp³-hybridized carbons (Fsp3) is 0.222. The summed E-state index contributed by atoms with van der Waals surface area (Å²) < 4.78 is 19.4. The molecule has 1 unspecified atom stereocenters. The van der Waals surface area contributed by atoms with Gasteiger partial charge in [0.05, 0.1) is 11.8 Å². The normalized spacial score (nSPS) is 14.4. The second-order valence-electron chi connectivity index (χ2n) is 5.76. The van der Waals surface area contributed by atoms with E-state index in [1.54, 1.807) is 24.3 Å². The molecule has 0 saturated heterocycles. The van der Waals surface area contributed by atoms with Gasteiger partial charge in [-0.25, -0.2) is 4.39 Å². The number of nitrogens with zero attached hydrogens (tertiary/aromatic N) is 1. The van der Waals surface area contributed by atoms with E-state index in [4.69, 9.17) is 4.74 Å². The molecule has 1 atom stereocenters. The van der Waals surface area contributed by atoms with Crippen LogP contribution < -0.4 is 15.0 Å². The van der Waals surface area contributed by atoms with Crippen molar-refractivity contribution in [2.45, 2.75) is 6.10 Å². The number of aliphatic hydroxyl groups excluding tert-OH is 1. The first-order chi connectivity index (χ1) is 12.4. The number of amides is 2. The maximum atomic E-state index is 13.2. The third kappa shape index (κ3) is 4.20. The minimum Gasteiger partial charge on any atom is -0.482 e. The molecule has 0 bridgehead atoms. The Bertz CT molecular complexity index is 846. The lowest BCUT2D eigenvalue weighted by atomic mass is 10.1. The number of ether oxygens (including phenoxy) is 1. The van der Waals surface area contributed by atoms with Crippen molar-refractivity contribution in [3.8, 4) is 5.75 Å². The molecule has 0 saturated carbocycles. The van der Waals surface area contributed by atoms with Crippen LogP contribution in [0.1, 0.15) is 11.7 Å². The molecule has 1 aliphatic heterocycles. The van der Waals surface area contributed by atoms with Crippen LogP contribution in [0.25, 0.3) is 0 Å². The monoisotopic (exact) mass is 422 g/mol. The summed E-state index contributed by atoms with van der Waals surface area (Å²) in [5, 5.41) is 12.6. The molecule has 0 spiro atoms. The lowest BCUT2D eigenvalue weighted by molar-refractivity contribution is -0.125. The Labute approximate surface area is 157 Å². The summed E-state index contributed by atoms with van der Waals surface area (Å²) in [7, 11) is 0. The molecular weight excluding hydrogens is 407 g/mol.